The number of rotatable bonds is 16. The van der Waals surface area contributed by atoms with Gasteiger partial charge in [-0.25, -0.2) is 0 Å². The summed E-state index contributed by atoms with van der Waals surface area (Å²) < 4.78 is 458. The highest BCUT2D eigenvalue weighted by atomic mass is 16.5. The maximum absolute atomic E-state index is 11.1. The van der Waals surface area contributed by atoms with Crippen molar-refractivity contribution in [2.24, 2.45) is 23.6 Å². The third-order valence-corrected chi connectivity index (χ3v) is 16.7. The quantitative estimate of drug-likeness (QED) is 0.0820. The van der Waals surface area contributed by atoms with Crippen molar-refractivity contribution in [3.8, 4) is 46.0 Å². The Balaban J connectivity index is 0.000000216. The van der Waals surface area contributed by atoms with Crippen molar-refractivity contribution in [3.05, 3.63) is 140 Å². The Morgan fingerprint density at radius 3 is 1.43 bits per heavy atom. The Morgan fingerprint density at radius 1 is 0.467 bits per heavy atom. The van der Waals surface area contributed by atoms with E-state index in [1.807, 2.05) is 34.6 Å². The van der Waals surface area contributed by atoms with Crippen LogP contribution < -0.4 is 18.9 Å². The third kappa shape index (κ3) is 16.1. The Kier molecular flexibility index (Phi) is 9.52. The average Bonchev–Trinajstić information content (AvgIpc) is 0.626. The molecule has 92 heavy (non-hydrogen) atoms. The van der Waals surface area contributed by atoms with Crippen LogP contribution in [-0.4, -0.2) is 42.8 Å². The zero-order chi connectivity index (χ0) is 111. The molecule has 0 bridgehead atoms. The molecule has 0 unspecified atom stereocenters. The van der Waals surface area contributed by atoms with Crippen LogP contribution >= 0.6 is 0 Å². The van der Waals surface area contributed by atoms with Gasteiger partial charge in [0.1, 0.15) is 68.4 Å². The standard InChI is InChI=1S/4C21H30O2/c4*1-5-6-7-8-15-12-18(22)20-16-11-14(2)9-10-17(16)21(3,4)23-19(20)13-15/h4*11-13,16-17,22H,5-10H2,1-4H3/t4*16-,17-/m1111/s1/i2D3,3D3,4D3,8D2,9D2,10D2,11D,16D,17D;2D3,3D3,4D3,8D2,10D2,11D,16D,17D;2D3,3D3,4D3,8D2,9D2,16D;8D2,12D,13D. The molecule has 12 rings (SSSR count). The van der Waals surface area contributed by atoms with Crippen molar-refractivity contribution >= 4 is 0 Å². The summed E-state index contributed by atoms with van der Waals surface area (Å²) >= 11 is 0. The van der Waals surface area contributed by atoms with E-state index >= 15 is 0 Å². The Morgan fingerprint density at radius 2 is 0.935 bits per heavy atom. The number of benzene rings is 4. The van der Waals surface area contributed by atoms with E-state index < -0.39 is 263 Å². The van der Waals surface area contributed by atoms with Gasteiger partial charge in [-0.2, -0.15) is 0 Å². The molecule has 4 N–H and O–H groups in total. The highest BCUT2D eigenvalue weighted by Crippen LogP contribution is 2.58. The zero-order valence-electron chi connectivity index (χ0n) is 105. The molecule has 4 heterocycles. The van der Waals surface area contributed by atoms with Gasteiger partial charge in [-0.15, -0.1) is 0 Å². The number of allylic oxidation sites excluding steroid dienone is 8. The summed E-state index contributed by atoms with van der Waals surface area (Å²) in [6, 6.07) is 2.12. The van der Waals surface area contributed by atoms with Crippen molar-refractivity contribution in [2.45, 2.75) is 310 Å². The monoisotopic (exact) mass is 1310 g/mol. The van der Waals surface area contributed by atoms with Gasteiger partial charge in [0.05, 0.1) is 5.48 Å². The predicted octanol–water partition coefficient (Wildman–Crippen LogP) is 22.9. The van der Waals surface area contributed by atoms with E-state index in [9.17, 15) is 27.3 Å². The fraction of sp³-hybridized carbons (Fsp3) is 0.619. The summed E-state index contributed by atoms with van der Waals surface area (Å²) in [6.45, 7) is -19.1. The van der Waals surface area contributed by atoms with Crippen molar-refractivity contribution in [1.82, 2.24) is 0 Å². The first kappa shape index (κ1) is 29.3. The van der Waals surface area contributed by atoms with Crippen LogP contribution in [0.5, 0.6) is 46.0 Å². The lowest BCUT2D eigenvalue weighted by atomic mass is 9.68. The van der Waals surface area contributed by atoms with Gasteiger partial charge >= 0.3 is 0 Å². The van der Waals surface area contributed by atoms with E-state index in [-0.39, 0.29) is 83.4 Å². The van der Waals surface area contributed by atoms with Crippen LogP contribution in [0.2, 0.25) is 0 Å². The van der Waals surface area contributed by atoms with E-state index in [1.165, 1.54) is 5.57 Å². The lowest BCUT2D eigenvalue weighted by Gasteiger charge is -2.46. The summed E-state index contributed by atoms with van der Waals surface area (Å²) in [7, 11) is 0. The summed E-state index contributed by atoms with van der Waals surface area (Å²) in [5.41, 5.74) is -16.5. The second-order valence-electron chi connectivity index (χ2n) is 24.4. The third-order valence-electron chi connectivity index (χ3n) is 16.7. The number of ether oxygens (including phenoxy) is 4. The van der Waals surface area contributed by atoms with Gasteiger partial charge in [0.2, 0.25) is 0 Å². The normalized spacial score (nSPS) is 41.7. The molecule has 0 amide bonds. The molecule has 0 saturated heterocycles. The molecule has 0 spiro atoms. The number of hydrogen-bond donors (Lipinski definition) is 4. The van der Waals surface area contributed by atoms with Gasteiger partial charge in [-0.05, 0) is 256 Å². The zero-order valence-corrected chi connectivity index (χ0v) is 53.1. The first-order valence-electron chi connectivity index (χ1n) is 57.4. The minimum atomic E-state index is -4.17. The molecule has 4 aromatic carbocycles. The molecule has 8 heteroatoms. The molecule has 8 nitrogen and oxygen atoms in total. The number of phenols is 4. The molecule has 8 atom stereocenters. The number of aryl methyl sites for hydroxylation is 3. The molecule has 4 aliphatic heterocycles. The Labute approximate surface area is 629 Å². The molecule has 8 aliphatic rings. The fourth-order valence-corrected chi connectivity index (χ4v) is 12.0. The highest BCUT2D eigenvalue weighted by Gasteiger charge is 2.49. The maximum Gasteiger partial charge on any atom is 0.127 e. The molecule has 0 fully saturated rings. The number of phenolic OH excluding ortho intramolecular Hbond substituents is 4. The van der Waals surface area contributed by atoms with E-state index in [0.717, 1.165) is 55.7 Å². The highest BCUT2D eigenvalue weighted by molar-refractivity contribution is 5.58. The van der Waals surface area contributed by atoms with Crippen LogP contribution in [0.1, 0.15) is 378 Å². The van der Waals surface area contributed by atoms with Crippen LogP contribution in [0.3, 0.4) is 0 Å². The number of aromatic hydroxyl groups is 4. The molecular formula is C84H120O8. The Hall–Kier alpha value is -5.76. The van der Waals surface area contributed by atoms with Crippen LogP contribution in [0.4, 0.5) is 0 Å². The van der Waals surface area contributed by atoms with Crippen LogP contribution in [0.15, 0.2) is 95.0 Å². The van der Waals surface area contributed by atoms with Crippen LogP contribution in [-0.2, 0) is 25.5 Å². The fourth-order valence-electron chi connectivity index (χ4n) is 12.0. The maximum atomic E-state index is 11.1. The first-order chi connectivity index (χ1) is 64.3. The number of hydrogen-bond acceptors (Lipinski definition) is 8. The van der Waals surface area contributed by atoms with Crippen molar-refractivity contribution in [2.75, 3.05) is 0 Å². The van der Waals surface area contributed by atoms with Gasteiger partial charge in [-0.3, -0.25) is 0 Å². The molecule has 4 aromatic rings. The summed E-state index contributed by atoms with van der Waals surface area (Å²) in [6.07, 6.45) is -15.3. The molecule has 0 radical (unpaired) electrons. The second-order valence-corrected chi connectivity index (χ2v) is 24.4. The van der Waals surface area contributed by atoms with E-state index in [2.05, 4.69) is 13.0 Å². The minimum absolute atomic E-state index is 0.0311. The molecule has 504 valence electrons. The SMILES string of the molecule is [2H]C([2H])([2H])C1=C[C@@]2([2H])c3c(O)cc(C([2H])([2H])CCCC)cc3OC(C([2H])([2H])[2H])(C([2H])([2H])[2H])[C@@H]2CC1([2H])[2H].[2H]C1=C(C([2H])([2H])[2H])C([2H])([2H])C([2H])([2H])[C@@]2([2H])C(C([2H])([2H])[2H])(C([2H])([2H])[2H])Oc3cc(C([2H])([2H])CCCC)cc(O)c3[C@]12[2H].[2H]C1=C(C([2H])([2H])[2H])CC([2H])([2H])[C@@]2([2H])C(C([2H])([2H])[2H])(C([2H])([2H])[2H])Oc3cc(C([2H])([2H])CCCC)cc(O)c3[C@]12[2H].[2H]c1c(O)c2c(c([2H])c1C([2H])([2H])CCCC)OC(C)(C)[C@@H]1CCC(C)=C[C@@H]21. The first-order valence-corrected chi connectivity index (χ1v) is 31.4. The lowest BCUT2D eigenvalue weighted by molar-refractivity contribution is 0.0104. The summed E-state index contributed by atoms with van der Waals surface area (Å²) in [4.78, 5) is 0. The number of unbranched alkanes of at least 4 members (excludes halogenated alkanes) is 4. The van der Waals surface area contributed by atoms with Crippen molar-refractivity contribution in [3.63, 3.8) is 0 Å². The topological polar surface area (TPSA) is 118 Å². The predicted molar refractivity (Wildman–Crippen MR) is 381 cm³/mol. The van der Waals surface area contributed by atoms with E-state index in [0.29, 0.717) is 56.6 Å². The van der Waals surface area contributed by atoms with Crippen molar-refractivity contribution < 1.29 is 111 Å². The van der Waals surface area contributed by atoms with Gasteiger partial charge < -0.3 is 39.4 Å². The molecule has 4 aliphatic carbocycles. The molecular weight excluding hydrogens is 1140 g/mol. The van der Waals surface area contributed by atoms with Crippen LogP contribution in [0, 0.1) is 23.6 Å². The summed E-state index contributed by atoms with van der Waals surface area (Å²) in [5.74, 6) is -24.7. The van der Waals surface area contributed by atoms with E-state index in [1.54, 1.807) is 6.92 Å². The Bertz CT molecular complexity index is 5610. The largest absolute Gasteiger partial charge is 0.507 e. The van der Waals surface area contributed by atoms with Crippen LogP contribution in [0.25, 0.3) is 0 Å². The van der Waals surface area contributed by atoms with Gasteiger partial charge in [0.25, 0.3) is 0 Å². The van der Waals surface area contributed by atoms with Gasteiger partial charge in [0, 0.05) is 135 Å². The minimum Gasteiger partial charge on any atom is -0.507 e. The number of fused-ring (bicyclic) bond motifs is 12. The molecule has 0 saturated carbocycles. The smallest absolute Gasteiger partial charge is 0.127 e. The van der Waals surface area contributed by atoms with Gasteiger partial charge in [0.15, 0.2) is 0 Å². The second kappa shape index (κ2) is 29.9. The van der Waals surface area contributed by atoms with E-state index in [4.69, 9.17) is 83.4 Å². The average molecular weight is 1310 g/mol. The summed E-state index contributed by atoms with van der Waals surface area (Å²) in [5, 5.41) is 44.1. The lowest BCUT2D eigenvalue weighted by Crippen LogP contribution is -2.45. The molecule has 0 aromatic heterocycles. The van der Waals surface area contributed by atoms with Crippen molar-refractivity contribution in [1.29, 1.82) is 0 Å². The van der Waals surface area contributed by atoms with Gasteiger partial charge in [-0.1, -0.05) is 126 Å².